The van der Waals surface area contributed by atoms with Crippen molar-refractivity contribution in [2.24, 2.45) is 17.6 Å². The second-order valence-electron chi connectivity index (χ2n) is 6.74. The number of aryl methyl sites for hydroxylation is 1. The molecule has 2 unspecified atom stereocenters. The van der Waals surface area contributed by atoms with Gasteiger partial charge in [0, 0.05) is 24.0 Å². The van der Waals surface area contributed by atoms with Gasteiger partial charge in [-0.15, -0.1) is 11.3 Å². The number of hydrogen-bond donors (Lipinski definition) is 1. The highest BCUT2D eigenvalue weighted by atomic mass is 32.1. The second kappa shape index (κ2) is 6.54. The number of nitrogens with zero attached hydrogens (tertiary/aromatic N) is 2. The molecule has 1 fully saturated rings. The maximum atomic E-state index is 6.20. The van der Waals surface area contributed by atoms with Crippen molar-refractivity contribution < 1.29 is 0 Å². The highest BCUT2D eigenvalue weighted by Gasteiger charge is 2.39. The third kappa shape index (κ3) is 3.41. The molecule has 1 aromatic rings. The molecular formula is C16H29N3S. The third-order valence-corrected chi connectivity index (χ3v) is 5.88. The van der Waals surface area contributed by atoms with Crippen LogP contribution in [-0.4, -0.2) is 29.0 Å². The fourth-order valence-corrected chi connectivity index (χ4v) is 4.14. The van der Waals surface area contributed by atoms with Gasteiger partial charge >= 0.3 is 0 Å². The van der Waals surface area contributed by atoms with E-state index in [1.54, 1.807) is 11.3 Å². The monoisotopic (exact) mass is 295 g/mol. The maximum absolute atomic E-state index is 6.20. The Morgan fingerprint density at radius 2 is 2.30 bits per heavy atom. The lowest BCUT2D eigenvalue weighted by Gasteiger charge is -2.47. The highest BCUT2D eigenvalue weighted by molar-refractivity contribution is 7.09. The van der Waals surface area contributed by atoms with Crippen molar-refractivity contribution in [1.82, 2.24) is 9.88 Å². The summed E-state index contributed by atoms with van der Waals surface area (Å²) in [4.78, 5) is 7.07. The molecule has 0 aromatic carbocycles. The van der Waals surface area contributed by atoms with Crippen molar-refractivity contribution in [3.63, 3.8) is 0 Å². The molecule has 0 spiro atoms. The van der Waals surface area contributed by atoms with Gasteiger partial charge in [0.05, 0.1) is 10.7 Å². The molecule has 0 saturated heterocycles. The minimum atomic E-state index is 0.171. The van der Waals surface area contributed by atoms with E-state index < -0.39 is 0 Å². The van der Waals surface area contributed by atoms with Gasteiger partial charge in [-0.1, -0.05) is 26.7 Å². The van der Waals surface area contributed by atoms with Crippen LogP contribution in [-0.2, 0) is 6.54 Å². The van der Waals surface area contributed by atoms with Crippen LogP contribution in [0.15, 0.2) is 5.38 Å². The van der Waals surface area contributed by atoms with E-state index in [0.29, 0.717) is 0 Å². The van der Waals surface area contributed by atoms with E-state index in [1.165, 1.54) is 31.4 Å². The Balaban J connectivity index is 2.08. The summed E-state index contributed by atoms with van der Waals surface area (Å²) in [6, 6.07) is 0. The second-order valence-corrected chi connectivity index (χ2v) is 7.81. The molecule has 1 aliphatic carbocycles. The minimum Gasteiger partial charge on any atom is -0.329 e. The van der Waals surface area contributed by atoms with E-state index in [4.69, 9.17) is 5.73 Å². The zero-order valence-corrected chi connectivity index (χ0v) is 14.2. The first-order chi connectivity index (χ1) is 9.47. The molecule has 0 bridgehead atoms. The van der Waals surface area contributed by atoms with E-state index in [2.05, 4.69) is 43.1 Å². The van der Waals surface area contributed by atoms with E-state index in [0.717, 1.165) is 29.9 Å². The van der Waals surface area contributed by atoms with Crippen LogP contribution in [0.2, 0.25) is 0 Å². The normalized spacial score (nSPS) is 27.4. The fourth-order valence-electron chi connectivity index (χ4n) is 3.53. The van der Waals surface area contributed by atoms with E-state index in [1.807, 2.05) is 0 Å². The molecule has 3 nitrogen and oxygen atoms in total. The van der Waals surface area contributed by atoms with Crippen molar-refractivity contribution >= 4 is 11.3 Å². The van der Waals surface area contributed by atoms with Crippen LogP contribution in [0.4, 0.5) is 0 Å². The molecule has 2 atom stereocenters. The summed E-state index contributed by atoms with van der Waals surface area (Å²) < 4.78 is 0. The standard InChI is InChI=1S/C16H29N3S/c1-12(2)14-6-5-7-16(8-14,11-17)19(4)9-15-10-20-13(3)18-15/h10,12,14H,5-9,11,17H2,1-4H3. The Bertz CT molecular complexity index is 429. The minimum absolute atomic E-state index is 0.171. The van der Waals surface area contributed by atoms with Gasteiger partial charge in [0.15, 0.2) is 0 Å². The van der Waals surface area contributed by atoms with Crippen molar-refractivity contribution in [3.8, 4) is 0 Å². The Morgan fingerprint density at radius 3 is 2.85 bits per heavy atom. The van der Waals surface area contributed by atoms with Gasteiger partial charge in [0.25, 0.3) is 0 Å². The first-order valence-electron chi connectivity index (χ1n) is 7.79. The first kappa shape index (κ1) is 15.9. The van der Waals surface area contributed by atoms with Crippen LogP contribution in [0, 0.1) is 18.8 Å². The molecule has 0 aliphatic heterocycles. The maximum Gasteiger partial charge on any atom is 0.0897 e. The molecule has 4 heteroatoms. The quantitative estimate of drug-likeness (QED) is 0.905. The van der Waals surface area contributed by atoms with Gasteiger partial charge in [-0.05, 0) is 38.6 Å². The van der Waals surface area contributed by atoms with Crippen LogP contribution in [0.3, 0.4) is 0 Å². The summed E-state index contributed by atoms with van der Waals surface area (Å²) in [6.45, 7) is 8.45. The van der Waals surface area contributed by atoms with Crippen LogP contribution in [0.1, 0.15) is 50.2 Å². The summed E-state index contributed by atoms with van der Waals surface area (Å²) in [5, 5.41) is 3.33. The molecule has 114 valence electrons. The SMILES string of the molecule is Cc1nc(CN(C)C2(CN)CCCC(C(C)C)C2)cs1. The van der Waals surface area contributed by atoms with Gasteiger partial charge in [-0.25, -0.2) is 4.98 Å². The van der Waals surface area contributed by atoms with Gasteiger partial charge < -0.3 is 5.73 Å². The lowest BCUT2D eigenvalue weighted by Crippen LogP contribution is -2.54. The van der Waals surface area contributed by atoms with E-state index in [-0.39, 0.29) is 5.54 Å². The number of thiazole rings is 1. The first-order valence-corrected chi connectivity index (χ1v) is 8.67. The van der Waals surface area contributed by atoms with E-state index in [9.17, 15) is 0 Å². The third-order valence-electron chi connectivity index (χ3n) is 5.06. The number of likely N-dealkylation sites (N-methyl/N-ethyl adjacent to an activating group) is 1. The summed E-state index contributed by atoms with van der Waals surface area (Å²) in [5.74, 6) is 1.57. The van der Waals surface area contributed by atoms with Gasteiger partial charge in [0.2, 0.25) is 0 Å². The molecule has 20 heavy (non-hydrogen) atoms. The summed E-state index contributed by atoms with van der Waals surface area (Å²) >= 11 is 1.74. The fraction of sp³-hybridized carbons (Fsp3) is 0.812. The lowest BCUT2D eigenvalue weighted by atomic mass is 9.71. The Kier molecular flexibility index (Phi) is 5.21. The lowest BCUT2D eigenvalue weighted by molar-refractivity contribution is 0.0389. The van der Waals surface area contributed by atoms with Gasteiger partial charge in [-0.3, -0.25) is 4.90 Å². The predicted octanol–water partition coefficient (Wildman–Crippen LogP) is 3.43. The van der Waals surface area contributed by atoms with Gasteiger partial charge in [0.1, 0.15) is 0 Å². The van der Waals surface area contributed by atoms with Crippen LogP contribution >= 0.6 is 11.3 Å². The topological polar surface area (TPSA) is 42.2 Å². The number of nitrogens with two attached hydrogens (primary N) is 1. The predicted molar refractivity (Wildman–Crippen MR) is 86.9 cm³/mol. The smallest absolute Gasteiger partial charge is 0.0897 e. The summed E-state index contributed by atoms with van der Waals surface area (Å²) in [6.07, 6.45) is 5.14. The number of aromatic nitrogens is 1. The Morgan fingerprint density at radius 1 is 1.55 bits per heavy atom. The Hall–Kier alpha value is -0.450. The molecule has 1 aliphatic rings. The Labute approximate surface area is 127 Å². The van der Waals surface area contributed by atoms with Crippen LogP contribution in [0.25, 0.3) is 0 Å². The molecule has 0 amide bonds. The average Bonchev–Trinajstić information content (AvgIpc) is 2.84. The average molecular weight is 295 g/mol. The zero-order chi connectivity index (χ0) is 14.8. The molecular weight excluding hydrogens is 266 g/mol. The van der Waals surface area contributed by atoms with Crippen LogP contribution < -0.4 is 5.73 Å². The van der Waals surface area contributed by atoms with Crippen molar-refractivity contribution in [2.75, 3.05) is 13.6 Å². The van der Waals surface area contributed by atoms with Gasteiger partial charge in [-0.2, -0.15) is 0 Å². The van der Waals surface area contributed by atoms with Crippen LogP contribution in [0.5, 0.6) is 0 Å². The van der Waals surface area contributed by atoms with E-state index >= 15 is 0 Å². The molecule has 0 radical (unpaired) electrons. The largest absolute Gasteiger partial charge is 0.329 e. The number of rotatable bonds is 5. The zero-order valence-electron chi connectivity index (χ0n) is 13.4. The molecule has 2 rings (SSSR count). The van der Waals surface area contributed by atoms with Crippen molar-refractivity contribution in [2.45, 2.75) is 58.5 Å². The molecule has 1 aromatic heterocycles. The summed E-state index contributed by atoms with van der Waals surface area (Å²) in [7, 11) is 2.23. The molecule has 2 N–H and O–H groups in total. The number of hydrogen-bond acceptors (Lipinski definition) is 4. The van der Waals surface area contributed by atoms with Crippen molar-refractivity contribution in [3.05, 3.63) is 16.1 Å². The molecule has 1 heterocycles. The van der Waals surface area contributed by atoms with Crippen molar-refractivity contribution in [1.29, 1.82) is 0 Å². The molecule has 1 saturated carbocycles. The summed E-state index contributed by atoms with van der Waals surface area (Å²) in [5.41, 5.74) is 7.56. The highest BCUT2D eigenvalue weighted by Crippen LogP contribution is 2.39.